The Balaban J connectivity index is 2.00. The third kappa shape index (κ3) is 1.72. The zero-order valence-corrected chi connectivity index (χ0v) is 11.8. The van der Waals surface area contributed by atoms with Crippen LogP contribution in [0, 0.1) is 0 Å². The van der Waals surface area contributed by atoms with Gasteiger partial charge in [0.05, 0.1) is 16.1 Å². The quantitative estimate of drug-likeness (QED) is 0.848. The maximum Gasteiger partial charge on any atom is 0.268 e. The van der Waals surface area contributed by atoms with Gasteiger partial charge in [0.1, 0.15) is 6.17 Å². The third-order valence-corrected chi connectivity index (χ3v) is 4.59. The molecule has 0 fully saturated rings. The van der Waals surface area contributed by atoms with Crippen molar-refractivity contribution in [3.8, 4) is 16.2 Å². The monoisotopic (exact) mass is 288 g/mol. The Labute approximate surface area is 118 Å². The van der Waals surface area contributed by atoms with Crippen molar-refractivity contribution in [2.45, 2.75) is 13.1 Å². The van der Waals surface area contributed by atoms with E-state index >= 15 is 0 Å². The van der Waals surface area contributed by atoms with Gasteiger partial charge in [-0.3, -0.25) is 14.6 Å². The molecule has 6 heteroatoms. The van der Waals surface area contributed by atoms with Gasteiger partial charge in [-0.25, -0.2) is 0 Å². The molecule has 1 aromatic carbocycles. The minimum atomic E-state index is -0.801. The van der Waals surface area contributed by atoms with Crippen molar-refractivity contribution in [3.05, 3.63) is 43.5 Å². The number of aliphatic imine (C=N–C) groups is 1. The molecule has 0 saturated carbocycles. The molecule has 1 aliphatic heterocycles. The number of hydrogen-bond acceptors (Lipinski definition) is 6. The van der Waals surface area contributed by atoms with Crippen LogP contribution in [0.25, 0.3) is 16.1 Å². The van der Waals surface area contributed by atoms with Gasteiger partial charge in [0, 0.05) is 18.1 Å². The lowest BCUT2D eigenvalue weighted by Crippen LogP contribution is -2.31. The van der Waals surface area contributed by atoms with E-state index in [0.717, 1.165) is 10.6 Å². The molecule has 102 valence electrons. The van der Waals surface area contributed by atoms with E-state index in [2.05, 4.69) is 4.99 Å². The van der Waals surface area contributed by atoms with Crippen molar-refractivity contribution in [1.29, 1.82) is 0 Å². The first-order chi connectivity index (χ1) is 9.50. The molecule has 1 unspecified atom stereocenters. The molecule has 5 nitrogen and oxygen atoms in total. The zero-order valence-electron chi connectivity index (χ0n) is 11.0. The van der Waals surface area contributed by atoms with Crippen molar-refractivity contribution in [3.63, 3.8) is 0 Å². The fraction of sp³-hybridized carbons (Fsp3) is 0.214. The summed E-state index contributed by atoms with van der Waals surface area (Å²) in [7, 11) is 1.95. The normalized spacial score (nSPS) is 18.6. The van der Waals surface area contributed by atoms with Gasteiger partial charge in [0.25, 0.3) is 5.43 Å². The predicted molar refractivity (Wildman–Crippen MR) is 80.0 cm³/mol. The first kappa shape index (κ1) is 12.8. The summed E-state index contributed by atoms with van der Waals surface area (Å²) in [6, 6.07) is 3.63. The fourth-order valence-corrected chi connectivity index (χ4v) is 3.25. The molecule has 2 aromatic rings. The second-order valence-corrected chi connectivity index (χ2v) is 5.72. The van der Waals surface area contributed by atoms with Gasteiger partial charge in [-0.2, -0.15) is 0 Å². The summed E-state index contributed by atoms with van der Waals surface area (Å²) >= 11 is 1.38. The SMILES string of the molecule is CC1N=CC=C(c2ccc(-c3c(O)c(=O)c3=O)s2)N1C. The Bertz CT molecular complexity index is 809. The second kappa shape index (κ2) is 4.42. The van der Waals surface area contributed by atoms with Crippen molar-refractivity contribution in [1.82, 2.24) is 4.90 Å². The van der Waals surface area contributed by atoms with Crippen LogP contribution in [-0.4, -0.2) is 29.4 Å². The minimum Gasteiger partial charge on any atom is -0.503 e. The van der Waals surface area contributed by atoms with Crippen LogP contribution in [0.2, 0.25) is 0 Å². The Morgan fingerprint density at radius 1 is 1.25 bits per heavy atom. The van der Waals surface area contributed by atoms with Gasteiger partial charge < -0.3 is 10.0 Å². The summed E-state index contributed by atoms with van der Waals surface area (Å²) in [5, 5.41) is 9.48. The highest BCUT2D eigenvalue weighted by molar-refractivity contribution is 7.16. The molecule has 1 N–H and O–H groups in total. The smallest absolute Gasteiger partial charge is 0.268 e. The second-order valence-electron chi connectivity index (χ2n) is 4.64. The van der Waals surface area contributed by atoms with E-state index < -0.39 is 16.6 Å². The molecule has 3 rings (SSSR count). The summed E-state index contributed by atoms with van der Waals surface area (Å²) < 4.78 is 0. The van der Waals surface area contributed by atoms with Crippen molar-refractivity contribution in [2.24, 2.45) is 4.99 Å². The lowest BCUT2D eigenvalue weighted by molar-refractivity contribution is 0.381. The molecule has 1 atom stereocenters. The summed E-state index contributed by atoms with van der Waals surface area (Å²) in [5.41, 5.74) is -0.282. The van der Waals surface area contributed by atoms with Crippen LogP contribution in [0.4, 0.5) is 0 Å². The van der Waals surface area contributed by atoms with E-state index in [1.807, 2.05) is 31.0 Å². The Morgan fingerprint density at radius 3 is 2.65 bits per heavy atom. The van der Waals surface area contributed by atoms with Gasteiger partial charge >= 0.3 is 0 Å². The van der Waals surface area contributed by atoms with Gasteiger partial charge in [-0.15, -0.1) is 11.3 Å². The standard InChI is InChI=1S/C14H12N2O3S/c1-7-15-6-5-8(16(7)2)9-3-4-10(20-9)11-12(17)14(19)13(11)18/h3-7,17H,1-2H3. The van der Waals surface area contributed by atoms with E-state index in [9.17, 15) is 14.7 Å². The number of hydrogen-bond donors (Lipinski definition) is 1. The number of rotatable bonds is 2. The summed E-state index contributed by atoms with van der Waals surface area (Å²) in [6.45, 7) is 1.99. The predicted octanol–water partition coefficient (Wildman–Crippen LogP) is 1.42. The number of nitrogens with zero attached hydrogens (tertiary/aromatic N) is 2. The van der Waals surface area contributed by atoms with E-state index in [1.54, 1.807) is 12.3 Å². The average molecular weight is 288 g/mol. The zero-order chi connectivity index (χ0) is 14.4. The Kier molecular flexibility index (Phi) is 2.83. The van der Waals surface area contributed by atoms with Crippen LogP contribution < -0.4 is 10.9 Å². The third-order valence-electron chi connectivity index (χ3n) is 3.46. The van der Waals surface area contributed by atoms with Crippen molar-refractivity contribution in [2.75, 3.05) is 7.05 Å². The molecule has 1 aromatic heterocycles. The van der Waals surface area contributed by atoms with Crippen LogP contribution in [0.15, 0.2) is 32.8 Å². The molecular weight excluding hydrogens is 276 g/mol. The first-order valence-electron chi connectivity index (χ1n) is 6.10. The van der Waals surface area contributed by atoms with Gasteiger partial charge in [-0.05, 0) is 25.1 Å². The Morgan fingerprint density at radius 2 is 1.95 bits per heavy atom. The highest BCUT2D eigenvalue weighted by Crippen LogP contribution is 2.35. The average Bonchev–Trinajstić information content (AvgIpc) is 2.90. The largest absolute Gasteiger partial charge is 0.503 e. The molecule has 0 bridgehead atoms. The van der Waals surface area contributed by atoms with Crippen LogP contribution in [0.1, 0.15) is 11.8 Å². The number of aromatic hydroxyl groups is 1. The van der Waals surface area contributed by atoms with E-state index in [-0.39, 0.29) is 11.7 Å². The lowest BCUT2D eigenvalue weighted by Gasteiger charge is -2.28. The molecule has 0 spiro atoms. The lowest BCUT2D eigenvalue weighted by atomic mass is 10.1. The highest BCUT2D eigenvalue weighted by Gasteiger charge is 2.24. The van der Waals surface area contributed by atoms with Crippen molar-refractivity contribution >= 4 is 23.2 Å². The molecule has 2 heterocycles. The van der Waals surface area contributed by atoms with Crippen LogP contribution in [0.3, 0.4) is 0 Å². The van der Waals surface area contributed by atoms with Gasteiger partial charge in [0.15, 0.2) is 5.75 Å². The summed E-state index contributed by atoms with van der Waals surface area (Å²) in [4.78, 5) is 30.4. The maximum absolute atomic E-state index is 11.5. The van der Waals surface area contributed by atoms with Gasteiger partial charge in [0.2, 0.25) is 5.43 Å². The molecule has 0 saturated heterocycles. The van der Waals surface area contributed by atoms with Crippen LogP contribution in [0.5, 0.6) is 5.75 Å². The maximum atomic E-state index is 11.5. The molecule has 1 aliphatic rings. The molecule has 0 aliphatic carbocycles. The molecule has 0 radical (unpaired) electrons. The van der Waals surface area contributed by atoms with Crippen LogP contribution >= 0.6 is 11.3 Å². The minimum absolute atomic E-state index is 0.0556. The molecule has 0 amide bonds. The van der Waals surface area contributed by atoms with E-state index in [4.69, 9.17) is 0 Å². The first-order valence-corrected chi connectivity index (χ1v) is 6.91. The molecular formula is C14H12N2O3S. The van der Waals surface area contributed by atoms with E-state index in [1.165, 1.54) is 11.3 Å². The van der Waals surface area contributed by atoms with E-state index in [0.29, 0.717) is 4.88 Å². The Hall–Kier alpha value is -2.21. The van der Waals surface area contributed by atoms with Gasteiger partial charge in [-0.1, -0.05) is 0 Å². The number of allylic oxidation sites excluding steroid dienone is 1. The topological polar surface area (TPSA) is 70.0 Å². The highest BCUT2D eigenvalue weighted by atomic mass is 32.1. The van der Waals surface area contributed by atoms with Crippen molar-refractivity contribution < 1.29 is 5.11 Å². The summed E-state index contributed by atoms with van der Waals surface area (Å²) in [5.74, 6) is -0.427. The molecule has 20 heavy (non-hydrogen) atoms. The number of thiophene rings is 1. The fourth-order valence-electron chi connectivity index (χ4n) is 2.13. The summed E-state index contributed by atoms with van der Waals surface area (Å²) in [6.07, 6.45) is 3.71. The van der Waals surface area contributed by atoms with Crippen LogP contribution in [-0.2, 0) is 0 Å².